The highest BCUT2D eigenvalue weighted by Crippen LogP contribution is 2.37. The van der Waals surface area contributed by atoms with Crippen molar-refractivity contribution in [3.63, 3.8) is 0 Å². The van der Waals surface area contributed by atoms with Gasteiger partial charge in [0.05, 0.1) is 12.1 Å². The van der Waals surface area contributed by atoms with Crippen LogP contribution in [0.5, 0.6) is 0 Å². The molecule has 5 N–H and O–H groups in total. The normalized spacial score (nSPS) is 18.6. The predicted octanol–water partition coefficient (Wildman–Crippen LogP) is 4.79. The summed E-state index contributed by atoms with van der Waals surface area (Å²) in [5.41, 5.74) is 0.631. The van der Waals surface area contributed by atoms with E-state index in [1.807, 2.05) is 37.4 Å². The van der Waals surface area contributed by atoms with Gasteiger partial charge in [0.25, 0.3) is 0 Å². The molecule has 1 saturated heterocycles. The molecular formula is C36H55N7O6S. The molecular weight excluding hydrogens is 659 g/mol. The summed E-state index contributed by atoms with van der Waals surface area (Å²) in [5.74, 6) is -0.749. The minimum absolute atomic E-state index is 0.0281. The summed E-state index contributed by atoms with van der Waals surface area (Å²) in [5, 5.41) is 24.3. The van der Waals surface area contributed by atoms with Gasteiger partial charge in [0.15, 0.2) is 5.13 Å². The molecule has 0 spiro atoms. The van der Waals surface area contributed by atoms with Gasteiger partial charge in [-0.15, -0.1) is 0 Å². The molecule has 4 amide bonds. The van der Waals surface area contributed by atoms with E-state index in [2.05, 4.69) is 26.3 Å². The lowest BCUT2D eigenvalue weighted by Crippen LogP contribution is -2.60. The number of ether oxygens (including phenoxy) is 1. The van der Waals surface area contributed by atoms with Crippen LogP contribution >= 0.6 is 11.3 Å². The predicted molar refractivity (Wildman–Crippen MR) is 196 cm³/mol. The molecule has 14 heteroatoms. The highest BCUT2D eigenvalue weighted by molar-refractivity contribution is 7.20. The Labute approximate surface area is 299 Å². The molecule has 2 aliphatic rings. The number of rotatable bonds is 14. The number of hydrogen-bond donors (Lipinski definition) is 5. The molecule has 2 heterocycles. The maximum absolute atomic E-state index is 14.4. The van der Waals surface area contributed by atoms with Crippen molar-refractivity contribution in [2.75, 3.05) is 37.8 Å². The number of aliphatic hydroxyl groups is 1. The van der Waals surface area contributed by atoms with E-state index >= 15 is 0 Å². The Hall–Kier alpha value is -3.59. The zero-order chi connectivity index (χ0) is 36.4. The molecule has 2 aromatic rings. The molecule has 4 atom stereocenters. The average molecular weight is 714 g/mol. The minimum atomic E-state index is -1.21. The average Bonchev–Trinajstić information content (AvgIpc) is 3.74. The maximum atomic E-state index is 14.4. The number of aliphatic hydroxyl groups excluding tert-OH is 1. The molecule has 1 unspecified atom stereocenters. The number of carbonyl (C=O) groups is 4. The lowest BCUT2D eigenvalue weighted by atomic mass is 9.83. The zero-order valence-corrected chi connectivity index (χ0v) is 31.1. The first-order valence-corrected chi connectivity index (χ1v) is 18.6. The number of nitrogens with zero attached hydrogens (tertiary/aromatic N) is 3. The van der Waals surface area contributed by atoms with Crippen molar-refractivity contribution in [3.05, 3.63) is 30.3 Å². The number of anilines is 2. The monoisotopic (exact) mass is 713 g/mol. The summed E-state index contributed by atoms with van der Waals surface area (Å²) in [4.78, 5) is 61.3. The second kappa shape index (κ2) is 18.1. The van der Waals surface area contributed by atoms with E-state index in [4.69, 9.17) is 4.74 Å². The van der Waals surface area contributed by atoms with Gasteiger partial charge in [-0.2, -0.15) is 0 Å². The van der Waals surface area contributed by atoms with Gasteiger partial charge in [-0.05, 0) is 79.3 Å². The van der Waals surface area contributed by atoms with Crippen LogP contribution in [0.15, 0.2) is 30.3 Å². The van der Waals surface area contributed by atoms with Crippen molar-refractivity contribution >= 4 is 45.3 Å². The largest absolute Gasteiger partial charge is 0.444 e. The van der Waals surface area contributed by atoms with Gasteiger partial charge >= 0.3 is 6.09 Å². The topological polar surface area (TPSA) is 165 Å². The van der Waals surface area contributed by atoms with Gasteiger partial charge in [-0.25, -0.2) is 9.78 Å². The molecule has 2 fully saturated rings. The van der Waals surface area contributed by atoms with E-state index in [1.165, 1.54) is 16.2 Å². The third-order valence-electron chi connectivity index (χ3n) is 9.31. The molecule has 1 saturated carbocycles. The summed E-state index contributed by atoms with van der Waals surface area (Å²) in [7, 11) is 3.40. The first-order chi connectivity index (χ1) is 23.8. The summed E-state index contributed by atoms with van der Waals surface area (Å²) in [6, 6.07) is 7.29. The SMILES string of the molecule is CNCCCC(=O)Nc1nc(-c2ccccc2)c(NC(=O)[C@@H]2CCCN2C(=O)[C@@H](NC(O)[C@H](C)N(C)C(=O)OC(C)(C)C)C2CCCCC2)s1. The smallest absolute Gasteiger partial charge is 0.410 e. The van der Waals surface area contributed by atoms with Crippen LogP contribution in [0.2, 0.25) is 0 Å². The Bertz CT molecular complexity index is 1440. The number of likely N-dealkylation sites (tertiary alicyclic amines) is 1. The molecule has 50 heavy (non-hydrogen) atoms. The summed E-state index contributed by atoms with van der Waals surface area (Å²) < 4.78 is 5.49. The second-order valence-electron chi connectivity index (χ2n) is 14.3. The minimum Gasteiger partial charge on any atom is -0.444 e. The van der Waals surface area contributed by atoms with Gasteiger partial charge in [-0.3, -0.25) is 19.7 Å². The number of amides is 4. The van der Waals surface area contributed by atoms with Crippen molar-refractivity contribution in [2.45, 2.75) is 115 Å². The van der Waals surface area contributed by atoms with Crippen LogP contribution in [0.1, 0.15) is 85.5 Å². The van der Waals surface area contributed by atoms with Crippen LogP contribution in [0.25, 0.3) is 11.3 Å². The van der Waals surface area contributed by atoms with Crippen molar-refractivity contribution in [2.24, 2.45) is 5.92 Å². The summed E-state index contributed by atoms with van der Waals surface area (Å²) >= 11 is 1.19. The summed E-state index contributed by atoms with van der Waals surface area (Å²) in [6.45, 7) is 8.17. The Morgan fingerprint density at radius 3 is 2.42 bits per heavy atom. The lowest BCUT2D eigenvalue weighted by Gasteiger charge is -2.38. The molecule has 276 valence electrons. The number of carbonyl (C=O) groups excluding carboxylic acids is 4. The fraction of sp³-hybridized carbons (Fsp3) is 0.639. The van der Waals surface area contributed by atoms with Gasteiger partial charge in [0.2, 0.25) is 17.7 Å². The van der Waals surface area contributed by atoms with Crippen molar-refractivity contribution in [1.82, 2.24) is 25.4 Å². The maximum Gasteiger partial charge on any atom is 0.410 e. The highest BCUT2D eigenvalue weighted by atomic mass is 32.1. The number of aromatic nitrogens is 1. The third-order valence-corrected chi connectivity index (χ3v) is 10.2. The van der Waals surface area contributed by atoms with Crippen LogP contribution in [-0.4, -0.2) is 101 Å². The van der Waals surface area contributed by atoms with Gasteiger partial charge in [0, 0.05) is 25.6 Å². The molecule has 13 nitrogen and oxygen atoms in total. The fourth-order valence-corrected chi connectivity index (χ4v) is 7.35. The lowest BCUT2D eigenvalue weighted by molar-refractivity contribution is -0.141. The third kappa shape index (κ3) is 10.7. The Balaban J connectivity index is 1.52. The first-order valence-electron chi connectivity index (χ1n) is 17.8. The molecule has 1 aromatic carbocycles. The number of thiazole rings is 1. The van der Waals surface area contributed by atoms with Gasteiger partial charge < -0.3 is 35.6 Å². The van der Waals surface area contributed by atoms with Crippen LogP contribution in [0, 0.1) is 5.92 Å². The van der Waals surface area contributed by atoms with E-state index in [0.29, 0.717) is 48.1 Å². The van der Waals surface area contributed by atoms with E-state index < -0.39 is 36.0 Å². The van der Waals surface area contributed by atoms with E-state index in [9.17, 15) is 24.3 Å². The number of nitrogens with one attached hydrogen (secondary N) is 4. The highest BCUT2D eigenvalue weighted by Gasteiger charge is 2.42. The molecule has 0 bridgehead atoms. The summed E-state index contributed by atoms with van der Waals surface area (Å²) in [6.07, 6.45) is 5.06. The van der Waals surface area contributed by atoms with E-state index in [-0.39, 0.29) is 23.6 Å². The molecule has 0 radical (unpaired) electrons. The number of benzene rings is 1. The second-order valence-corrected chi connectivity index (χ2v) is 15.3. The Morgan fingerprint density at radius 1 is 1.06 bits per heavy atom. The van der Waals surface area contributed by atoms with E-state index in [1.54, 1.807) is 39.6 Å². The van der Waals surface area contributed by atoms with Gasteiger partial charge in [-0.1, -0.05) is 60.9 Å². The van der Waals surface area contributed by atoms with E-state index in [0.717, 1.165) is 44.2 Å². The van der Waals surface area contributed by atoms with Crippen molar-refractivity contribution in [3.8, 4) is 11.3 Å². The van der Waals surface area contributed by atoms with Gasteiger partial charge in [0.1, 0.15) is 28.6 Å². The van der Waals surface area contributed by atoms with Crippen LogP contribution in [0.3, 0.4) is 0 Å². The molecule has 1 aliphatic heterocycles. The van der Waals surface area contributed by atoms with Crippen LogP contribution in [-0.2, 0) is 19.1 Å². The molecule has 1 aromatic heterocycles. The Morgan fingerprint density at radius 2 is 1.76 bits per heavy atom. The quantitative estimate of drug-likeness (QED) is 0.137. The number of hydrogen-bond acceptors (Lipinski definition) is 10. The Kier molecular flexibility index (Phi) is 14.2. The number of likely N-dealkylation sites (N-methyl/N-ethyl adjacent to an activating group) is 1. The first kappa shape index (κ1) is 39.2. The molecule has 1 aliphatic carbocycles. The fourth-order valence-electron chi connectivity index (χ4n) is 6.45. The van der Waals surface area contributed by atoms with Crippen molar-refractivity contribution < 1.29 is 29.0 Å². The zero-order valence-electron chi connectivity index (χ0n) is 30.3. The molecule has 4 rings (SSSR count). The van der Waals surface area contributed by atoms with Crippen LogP contribution in [0.4, 0.5) is 14.9 Å². The standard InChI is InChI=1S/C36H55N7O6S/c1-23(42(6)35(48)49-36(2,3)4)30(45)39-29(25-17-11-8-12-18-25)33(47)43-22-14-19-26(43)31(46)41-32-28(24-15-9-7-10-16-24)40-34(50-32)38-27(44)20-13-21-37-5/h7,9-10,15-16,23,25-26,29-30,37,39,45H,8,11-14,17-22H2,1-6H3,(H,41,46)(H,38,40,44)/t23-,26-,29-,30?/m0/s1. The van der Waals surface area contributed by atoms with Crippen molar-refractivity contribution in [1.29, 1.82) is 0 Å². The van der Waals surface area contributed by atoms with Crippen LogP contribution < -0.4 is 21.3 Å².